The van der Waals surface area contributed by atoms with E-state index >= 15 is 0 Å². The molecule has 3 atom stereocenters. The number of hydrogen-bond donors (Lipinski definition) is 6. The highest BCUT2D eigenvalue weighted by molar-refractivity contribution is 5.89. The average Bonchev–Trinajstić information content (AvgIpc) is 2.91. The Balaban J connectivity index is 2.10. The number of rotatable bonds is 17. The molecule has 0 fully saturated rings. The predicted molar refractivity (Wildman–Crippen MR) is 140 cm³/mol. The molecule has 0 spiro atoms. The van der Waals surface area contributed by atoms with Gasteiger partial charge < -0.3 is 30.9 Å². The molecule has 39 heavy (non-hydrogen) atoms. The second-order valence-electron chi connectivity index (χ2n) is 8.84. The fourth-order valence-electron chi connectivity index (χ4n) is 3.65. The number of ether oxygens (including phenoxy) is 1. The van der Waals surface area contributed by atoms with Crippen LogP contribution in [0.3, 0.4) is 0 Å². The molecule has 0 aliphatic rings. The molecule has 0 saturated carbocycles. The summed E-state index contributed by atoms with van der Waals surface area (Å²) in [5, 5.41) is 35.0. The number of unbranched alkanes of at least 4 members (excludes halogenated alkanes) is 2. The summed E-state index contributed by atoms with van der Waals surface area (Å²) >= 11 is 0. The fraction of sp³-hybridized carbons (Fsp3) is 0.407. The van der Waals surface area contributed by atoms with Crippen molar-refractivity contribution in [2.75, 3.05) is 13.2 Å². The minimum absolute atomic E-state index is 0.0671. The van der Waals surface area contributed by atoms with Crippen LogP contribution in [0.4, 0.5) is 4.79 Å². The van der Waals surface area contributed by atoms with E-state index in [2.05, 4.69) is 20.8 Å². The lowest BCUT2D eigenvalue weighted by atomic mass is 10.0. The van der Waals surface area contributed by atoms with Crippen molar-refractivity contribution in [3.63, 3.8) is 0 Å². The Bertz CT molecular complexity index is 1060. The second-order valence-corrected chi connectivity index (χ2v) is 8.84. The number of urea groups is 1. The van der Waals surface area contributed by atoms with Crippen molar-refractivity contribution in [1.29, 1.82) is 0 Å². The third-order valence-electron chi connectivity index (χ3n) is 5.73. The summed E-state index contributed by atoms with van der Waals surface area (Å²) < 4.78 is 5.28. The maximum absolute atomic E-state index is 12.9. The first-order valence-corrected chi connectivity index (χ1v) is 12.6. The highest BCUT2D eigenvalue weighted by atomic mass is 17.1. The maximum atomic E-state index is 12.9. The van der Waals surface area contributed by atoms with Gasteiger partial charge in [0.25, 0.3) is 0 Å². The van der Waals surface area contributed by atoms with Crippen molar-refractivity contribution in [3.8, 4) is 5.75 Å². The van der Waals surface area contributed by atoms with Crippen LogP contribution in [-0.2, 0) is 32.1 Å². The number of carbonyl (C=O) groups excluding carboxylic acids is 2. The smallest absolute Gasteiger partial charge is 0.347 e. The molecule has 0 aliphatic carbocycles. The van der Waals surface area contributed by atoms with Crippen LogP contribution in [0.1, 0.15) is 37.3 Å². The lowest BCUT2D eigenvalue weighted by Gasteiger charge is -2.21. The van der Waals surface area contributed by atoms with Gasteiger partial charge in [0.15, 0.2) is 0 Å². The van der Waals surface area contributed by atoms with Crippen LogP contribution in [0.2, 0.25) is 0 Å². The molecule has 212 valence electrons. The molecule has 2 aromatic rings. The lowest BCUT2D eigenvalue weighted by Crippen LogP contribution is -2.54. The molecule has 0 bridgehead atoms. The third kappa shape index (κ3) is 11.4. The zero-order valence-corrected chi connectivity index (χ0v) is 21.7. The van der Waals surface area contributed by atoms with Crippen molar-refractivity contribution >= 4 is 23.9 Å². The quantitative estimate of drug-likeness (QED) is 0.0985. The SMILES string of the molecule is CCCCCNC(=O)C(Cc1ccc(OC(COO)C(=O)O)cc1)NC(=O)NC(Cc1ccccc1)C(=O)O. The minimum Gasteiger partial charge on any atom is -0.480 e. The Morgan fingerprint density at radius 2 is 1.44 bits per heavy atom. The van der Waals surface area contributed by atoms with Gasteiger partial charge in [0.05, 0.1) is 0 Å². The molecule has 12 heteroatoms. The molecule has 2 rings (SSSR count). The van der Waals surface area contributed by atoms with Crippen LogP contribution in [0.15, 0.2) is 54.6 Å². The van der Waals surface area contributed by atoms with E-state index in [4.69, 9.17) is 15.1 Å². The van der Waals surface area contributed by atoms with Crippen LogP contribution in [-0.4, -0.2) is 70.7 Å². The van der Waals surface area contributed by atoms with Gasteiger partial charge in [-0.1, -0.05) is 62.2 Å². The zero-order chi connectivity index (χ0) is 28.6. The first-order chi connectivity index (χ1) is 18.7. The molecule has 0 aromatic heterocycles. The van der Waals surface area contributed by atoms with Crippen molar-refractivity contribution in [2.24, 2.45) is 0 Å². The van der Waals surface area contributed by atoms with Gasteiger partial charge in [-0.15, -0.1) is 0 Å². The molecule has 0 heterocycles. The standard InChI is InChI=1S/C27H35N3O9/c1-2-3-7-14-28-24(31)21(15-19-10-12-20(13-11-19)39-23(17-38-37)26(34)35)29-27(36)30-22(25(32)33)16-18-8-5-4-6-9-18/h4-6,8-13,21-23,37H,2-3,7,14-17H2,1H3,(H,28,31)(H,32,33)(H,34,35)(H2,29,30,36). The zero-order valence-electron chi connectivity index (χ0n) is 21.7. The topological polar surface area (TPSA) is 184 Å². The summed E-state index contributed by atoms with van der Waals surface area (Å²) in [6, 6.07) is 12.0. The van der Waals surface area contributed by atoms with Gasteiger partial charge in [-0.3, -0.25) is 10.1 Å². The van der Waals surface area contributed by atoms with E-state index in [1.165, 1.54) is 12.1 Å². The summed E-state index contributed by atoms with van der Waals surface area (Å²) in [5.74, 6) is -2.77. The fourth-order valence-corrected chi connectivity index (χ4v) is 3.65. The van der Waals surface area contributed by atoms with Crippen molar-refractivity contribution in [2.45, 2.75) is 57.2 Å². The molecule has 12 nitrogen and oxygen atoms in total. The van der Waals surface area contributed by atoms with E-state index < -0.39 is 48.7 Å². The van der Waals surface area contributed by atoms with Crippen LogP contribution >= 0.6 is 0 Å². The largest absolute Gasteiger partial charge is 0.480 e. The lowest BCUT2D eigenvalue weighted by molar-refractivity contribution is -0.254. The van der Waals surface area contributed by atoms with Crippen LogP contribution in [0.25, 0.3) is 0 Å². The minimum atomic E-state index is -1.43. The predicted octanol–water partition coefficient (Wildman–Crippen LogP) is 2.22. The molecule has 3 amide bonds. The van der Waals surface area contributed by atoms with Crippen molar-refractivity contribution in [3.05, 3.63) is 65.7 Å². The highest BCUT2D eigenvalue weighted by Crippen LogP contribution is 2.16. The van der Waals surface area contributed by atoms with Crippen molar-refractivity contribution in [1.82, 2.24) is 16.0 Å². The summed E-state index contributed by atoms with van der Waals surface area (Å²) in [7, 11) is 0. The van der Waals surface area contributed by atoms with Gasteiger partial charge in [-0.25, -0.2) is 19.3 Å². The number of carboxylic acid groups (broad SMARTS) is 2. The Hall–Kier alpha value is -4.16. The first-order valence-electron chi connectivity index (χ1n) is 12.6. The Labute approximate surface area is 226 Å². The van der Waals surface area contributed by atoms with E-state index in [1.54, 1.807) is 42.5 Å². The summed E-state index contributed by atoms with van der Waals surface area (Å²) in [6.07, 6.45) is 1.39. The number of aliphatic carboxylic acids is 2. The number of carboxylic acids is 2. The average molecular weight is 546 g/mol. The maximum Gasteiger partial charge on any atom is 0.347 e. The molecule has 2 aromatic carbocycles. The highest BCUT2D eigenvalue weighted by Gasteiger charge is 2.25. The molecule has 3 unspecified atom stereocenters. The molecular formula is C27H35N3O9. The second kappa shape index (κ2) is 16.6. The monoisotopic (exact) mass is 545 g/mol. The third-order valence-corrected chi connectivity index (χ3v) is 5.73. The number of benzene rings is 2. The molecule has 6 N–H and O–H groups in total. The van der Waals surface area contributed by atoms with Crippen LogP contribution < -0.4 is 20.7 Å². The van der Waals surface area contributed by atoms with Gasteiger partial charge in [-0.05, 0) is 29.7 Å². The van der Waals surface area contributed by atoms with Gasteiger partial charge in [0, 0.05) is 19.4 Å². The number of amides is 3. The molecular weight excluding hydrogens is 510 g/mol. The van der Waals surface area contributed by atoms with Gasteiger partial charge in [0.1, 0.15) is 24.4 Å². The normalized spacial score (nSPS) is 13.0. The van der Waals surface area contributed by atoms with E-state index in [9.17, 15) is 24.3 Å². The Morgan fingerprint density at radius 3 is 2.03 bits per heavy atom. The van der Waals surface area contributed by atoms with Gasteiger partial charge in [-0.2, -0.15) is 0 Å². The van der Waals surface area contributed by atoms with E-state index in [0.717, 1.165) is 24.8 Å². The molecule has 0 saturated heterocycles. The Kier molecular flexibility index (Phi) is 13.2. The molecule has 0 radical (unpaired) electrons. The number of hydrogen-bond acceptors (Lipinski definition) is 7. The summed E-state index contributed by atoms with van der Waals surface area (Å²) in [5.41, 5.74) is 1.36. The van der Waals surface area contributed by atoms with E-state index in [-0.39, 0.29) is 18.6 Å². The first kappa shape index (κ1) is 31.1. The summed E-state index contributed by atoms with van der Waals surface area (Å²) in [6.45, 7) is 1.89. The van der Waals surface area contributed by atoms with Gasteiger partial charge >= 0.3 is 18.0 Å². The molecule has 0 aliphatic heterocycles. The Morgan fingerprint density at radius 1 is 0.821 bits per heavy atom. The van der Waals surface area contributed by atoms with Gasteiger partial charge in [0.2, 0.25) is 12.0 Å². The summed E-state index contributed by atoms with van der Waals surface area (Å²) in [4.78, 5) is 52.5. The number of carbonyl (C=O) groups is 4. The van der Waals surface area contributed by atoms with E-state index in [1.807, 2.05) is 6.92 Å². The van der Waals surface area contributed by atoms with Crippen molar-refractivity contribution < 1.29 is 44.3 Å². The van der Waals surface area contributed by atoms with Crippen LogP contribution in [0, 0.1) is 0 Å². The van der Waals surface area contributed by atoms with E-state index in [0.29, 0.717) is 12.1 Å². The van der Waals surface area contributed by atoms with Crippen LogP contribution in [0.5, 0.6) is 5.75 Å². The number of nitrogens with one attached hydrogen (secondary N) is 3.